The quantitative estimate of drug-likeness (QED) is 0.180. The van der Waals surface area contributed by atoms with Crippen LogP contribution in [-0.4, -0.2) is 87.6 Å². The minimum atomic E-state index is -3.94. The minimum Gasteiger partial charge on any atom is -0.477 e. The van der Waals surface area contributed by atoms with Crippen molar-refractivity contribution in [2.24, 2.45) is 5.92 Å². The molecule has 2 aromatic carbocycles. The number of carboxylic acid groups (broad SMARTS) is 1. The number of carboxylic acids is 1. The van der Waals surface area contributed by atoms with E-state index >= 15 is 8.78 Å². The molecule has 216 valence electrons. The van der Waals surface area contributed by atoms with Gasteiger partial charge >= 0.3 is 11.8 Å². The van der Waals surface area contributed by atoms with Crippen LogP contribution in [0.25, 0.3) is 0 Å². The van der Waals surface area contributed by atoms with Gasteiger partial charge in [0.05, 0.1) is 25.3 Å². The Bertz CT molecular complexity index is 1200. The van der Waals surface area contributed by atoms with Gasteiger partial charge < -0.3 is 41.1 Å². The third kappa shape index (κ3) is 6.99. The van der Waals surface area contributed by atoms with E-state index in [9.17, 15) is 34.8 Å². The van der Waals surface area contributed by atoms with Gasteiger partial charge in [-0.3, -0.25) is 9.59 Å². The number of amides is 1. The molecule has 1 aliphatic rings. The van der Waals surface area contributed by atoms with Gasteiger partial charge in [0.25, 0.3) is 5.91 Å². The Morgan fingerprint density at radius 3 is 2.17 bits per heavy atom. The SMILES string of the molecule is CC1C(N/C(=C/NC(=O)c2ccccc2)NCC(=O)c2ccccc2)C(F)C(F)(C(=O)O)OC1[C@H](O)[C@H](O)CO. The monoisotopic (exact) mass is 563 g/mol. The number of aliphatic carboxylic acids is 1. The molecule has 0 aliphatic carbocycles. The molecule has 5 unspecified atom stereocenters. The maximum absolute atomic E-state index is 15.5. The second-order valence-corrected chi connectivity index (χ2v) is 9.24. The van der Waals surface area contributed by atoms with Crippen LogP contribution in [0.4, 0.5) is 8.78 Å². The van der Waals surface area contributed by atoms with Crippen LogP contribution in [0.1, 0.15) is 27.6 Å². The lowest BCUT2D eigenvalue weighted by atomic mass is 9.82. The zero-order valence-corrected chi connectivity index (χ0v) is 21.4. The highest BCUT2D eigenvalue weighted by molar-refractivity contribution is 5.97. The van der Waals surface area contributed by atoms with Crippen LogP contribution < -0.4 is 16.0 Å². The molecule has 7 N–H and O–H groups in total. The number of hydrogen-bond donors (Lipinski definition) is 7. The molecule has 0 spiro atoms. The predicted octanol–water partition coefficient (Wildman–Crippen LogP) is 0.484. The number of nitrogens with one attached hydrogen (secondary N) is 3. The number of ketones is 1. The molecule has 1 heterocycles. The zero-order valence-electron chi connectivity index (χ0n) is 21.4. The van der Waals surface area contributed by atoms with Gasteiger partial charge in [-0.1, -0.05) is 55.5 Å². The summed E-state index contributed by atoms with van der Waals surface area (Å²) >= 11 is 0. The van der Waals surface area contributed by atoms with Crippen LogP contribution in [0.3, 0.4) is 0 Å². The number of carbonyl (C=O) groups is 3. The summed E-state index contributed by atoms with van der Waals surface area (Å²) in [7, 11) is 0. The van der Waals surface area contributed by atoms with Crippen LogP contribution >= 0.6 is 0 Å². The van der Waals surface area contributed by atoms with Crippen molar-refractivity contribution in [3.05, 3.63) is 83.8 Å². The summed E-state index contributed by atoms with van der Waals surface area (Å²) < 4.78 is 35.6. The Labute approximate surface area is 228 Å². The Morgan fingerprint density at radius 1 is 1.05 bits per heavy atom. The highest BCUT2D eigenvalue weighted by atomic mass is 19.2. The smallest absolute Gasteiger partial charge is 0.372 e. The van der Waals surface area contributed by atoms with Gasteiger partial charge in [0.15, 0.2) is 12.0 Å². The van der Waals surface area contributed by atoms with Crippen molar-refractivity contribution in [1.82, 2.24) is 16.0 Å². The fourth-order valence-corrected chi connectivity index (χ4v) is 4.19. The molecule has 13 heteroatoms. The van der Waals surface area contributed by atoms with Crippen LogP contribution in [0.5, 0.6) is 0 Å². The fraction of sp³-hybridized carbons (Fsp3) is 0.370. The van der Waals surface area contributed by atoms with Crippen LogP contribution in [0, 0.1) is 5.92 Å². The Morgan fingerprint density at radius 2 is 1.62 bits per heavy atom. The Hall–Kier alpha value is -3.91. The number of rotatable bonds is 12. The van der Waals surface area contributed by atoms with Crippen LogP contribution in [-0.2, 0) is 9.53 Å². The summed E-state index contributed by atoms with van der Waals surface area (Å²) in [4.78, 5) is 36.9. The first-order chi connectivity index (χ1) is 19.0. The number of aliphatic hydroxyl groups excluding tert-OH is 3. The molecule has 0 bridgehead atoms. The third-order valence-corrected chi connectivity index (χ3v) is 6.51. The van der Waals surface area contributed by atoms with Crippen molar-refractivity contribution in [3.63, 3.8) is 0 Å². The number of hydrogen-bond acceptors (Lipinski definition) is 9. The van der Waals surface area contributed by atoms with Crippen molar-refractivity contribution in [2.45, 2.75) is 43.3 Å². The molecule has 40 heavy (non-hydrogen) atoms. The van der Waals surface area contributed by atoms with E-state index in [4.69, 9.17) is 4.74 Å². The molecule has 0 aromatic heterocycles. The maximum Gasteiger partial charge on any atom is 0.372 e. The van der Waals surface area contributed by atoms with E-state index in [1.165, 1.54) is 19.1 Å². The molecular weight excluding hydrogens is 532 g/mol. The van der Waals surface area contributed by atoms with Gasteiger partial charge in [-0.05, 0) is 12.1 Å². The van der Waals surface area contributed by atoms with E-state index in [1.54, 1.807) is 48.5 Å². The predicted molar refractivity (Wildman–Crippen MR) is 137 cm³/mol. The van der Waals surface area contributed by atoms with E-state index in [0.29, 0.717) is 5.56 Å². The van der Waals surface area contributed by atoms with E-state index in [0.717, 1.165) is 6.20 Å². The highest BCUT2D eigenvalue weighted by Gasteiger charge is 2.61. The molecule has 0 saturated carbocycles. The summed E-state index contributed by atoms with van der Waals surface area (Å²) in [5.74, 6) is -8.59. The summed E-state index contributed by atoms with van der Waals surface area (Å²) in [5.41, 5.74) is 0.622. The lowest BCUT2D eigenvalue weighted by Crippen LogP contribution is -2.68. The summed E-state index contributed by atoms with van der Waals surface area (Å²) in [6, 6.07) is 14.5. The van der Waals surface area contributed by atoms with Crippen molar-refractivity contribution >= 4 is 17.7 Å². The van der Waals surface area contributed by atoms with Gasteiger partial charge in [0.2, 0.25) is 0 Å². The first kappa shape index (κ1) is 30.6. The minimum absolute atomic E-state index is 0.182. The average Bonchev–Trinajstić information content (AvgIpc) is 2.97. The van der Waals surface area contributed by atoms with Crippen LogP contribution in [0.15, 0.2) is 72.7 Å². The van der Waals surface area contributed by atoms with Crippen molar-refractivity contribution < 1.29 is 48.3 Å². The molecule has 1 fully saturated rings. The summed E-state index contributed by atoms with van der Waals surface area (Å²) in [6.07, 6.45) is -7.39. The van der Waals surface area contributed by atoms with Gasteiger partial charge in [0, 0.05) is 23.2 Å². The van der Waals surface area contributed by atoms with E-state index in [-0.39, 0.29) is 23.7 Å². The number of Topliss-reactive ketones (excluding diaryl/α,β-unsaturated/α-hetero) is 1. The molecule has 7 atom stereocenters. The standard InChI is InChI=1S/C27H31F2N3O8/c1-15-21(24(28)27(29,26(38)39)40-23(15)22(36)19(35)14-33)32-20(13-31-25(37)17-10-6-3-7-11-17)30-12-18(34)16-8-4-2-5-9-16/h2-11,13,15,19,21-24,30,32-33,35-36H,12,14H2,1H3,(H,31,37)(H,38,39)/b20-13+/t15?,19-,21?,22-,23?,24?,27?/m1/s1. The lowest BCUT2D eigenvalue weighted by Gasteiger charge is -2.46. The first-order valence-corrected chi connectivity index (χ1v) is 12.4. The molecule has 3 rings (SSSR count). The first-order valence-electron chi connectivity index (χ1n) is 12.4. The topological polar surface area (TPSA) is 177 Å². The number of halogens is 2. The molecule has 1 amide bonds. The molecular formula is C27H31F2N3O8. The van der Waals surface area contributed by atoms with Gasteiger partial charge in [-0.25, -0.2) is 9.18 Å². The normalized spacial score (nSPS) is 26.3. The molecule has 11 nitrogen and oxygen atoms in total. The Kier molecular flexibility index (Phi) is 10.3. The van der Waals surface area contributed by atoms with Gasteiger partial charge in [0.1, 0.15) is 18.0 Å². The number of ether oxygens (including phenoxy) is 1. The molecule has 0 radical (unpaired) electrons. The van der Waals surface area contributed by atoms with E-state index in [2.05, 4.69) is 16.0 Å². The molecule has 1 saturated heterocycles. The molecule has 1 aliphatic heterocycles. The summed E-state index contributed by atoms with van der Waals surface area (Å²) in [6.45, 7) is -0.0103. The second kappa shape index (κ2) is 13.4. The van der Waals surface area contributed by atoms with Crippen molar-refractivity contribution in [2.75, 3.05) is 13.2 Å². The Balaban J connectivity index is 1.91. The molecule has 2 aromatic rings. The van der Waals surface area contributed by atoms with E-state index in [1.807, 2.05) is 0 Å². The number of carbonyl (C=O) groups excluding carboxylic acids is 2. The number of benzene rings is 2. The second-order valence-electron chi connectivity index (χ2n) is 9.24. The third-order valence-electron chi connectivity index (χ3n) is 6.51. The van der Waals surface area contributed by atoms with Gasteiger partial charge in [-0.2, -0.15) is 4.39 Å². The zero-order chi connectivity index (χ0) is 29.4. The average molecular weight is 564 g/mol. The summed E-state index contributed by atoms with van der Waals surface area (Å²) in [5, 5.41) is 46.6. The van der Waals surface area contributed by atoms with Crippen molar-refractivity contribution in [3.8, 4) is 0 Å². The number of alkyl halides is 2. The van der Waals surface area contributed by atoms with Crippen LogP contribution in [0.2, 0.25) is 0 Å². The van der Waals surface area contributed by atoms with Gasteiger partial charge in [-0.15, -0.1) is 0 Å². The lowest BCUT2D eigenvalue weighted by molar-refractivity contribution is -0.284. The maximum atomic E-state index is 15.5. The largest absolute Gasteiger partial charge is 0.477 e. The number of aliphatic hydroxyl groups is 3. The van der Waals surface area contributed by atoms with Crippen molar-refractivity contribution in [1.29, 1.82) is 0 Å². The fourth-order valence-electron chi connectivity index (χ4n) is 4.19. The van der Waals surface area contributed by atoms with E-state index < -0.39 is 60.8 Å². The highest BCUT2D eigenvalue weighted by Crippen LogP contribution is 2.38.